The van der Waals surface area contributed by atoms with Crippen LogP contribution in [0.1, 0.15) is 44.1 Å². The van der Waals surface area contributed by atoms with Gasteiger partial charge in [-0.2, -0.15) is 0 Å². The quantitative estimate of drug-likeness (QED) is 0.789. The van der Waals surface area contributed by atoms with Crippen molar-refractivity contribution < 1.29 is 19.0 Å². The van der Waals surface area contributed by atoms with E-state index in [-0.39, 0.29) is 12.4 Å². The lowest BCUT2D eigenvalue weighted by Crippen LogP contribution is -2.33. The Labute approximate surface area is 149 Å². The van der Waals surface area contributed by atoms with E-state index in [2.05, 4.69) is 12.1 Å². The fourth-order valence-corrected chi connectivity index (χ4v) is 4.75. The molecule has 136 valence electrons. The van der Waals surface area contributed by atoms with Gasteiger partial charge in [0.2, 0.25) is 0 Å². The first kappa shape index (κ1) is 17.2. The Morgan fingerprint density at radius 1 is 1.12 bits per heavy atom. The molecule has 1 unspecified atom stereocenters. The lowest BCUT2D eigenvalue weighted by Gasteiger charge is -2.30. The summed E-state index contributed by atoms with van der Waals surface area (Å²) in [5.74, 6) is 1.63. The second-order valence-electron chi connectivity index (χ2n) is 7.74. The highest BCUT2D eigenvalue weighted by Crippen LogP contribution is 2.48. The second-order valence-corrected chi connectivity index (χ2v) is 7.74. The van der Waals surface area contributed by atoms with E-state index < -0.39 is 0 Å². The van der Waals surface area contributed by atoms with E-state index in [0.717, 1.165) is 32.3 Å². The molecule has 3 fully saturated rings. The lowest BCUT2D eigenvalue weighted by molar-refractivity contribution is -0.199. The van der Waals surface area contributed by atoms with Crippen LogP contribution in [0.2, 0.25) is 0 Å². The summed E-state index contributed by atoms with van der Waals surface area (Å²) in [5.41, 5.74) is 1.19. The third kappa shape index (κ3) is 4.13. The van der Waals surface area contributed by atoms with Crippen LogP contribution < -0.4 is 0 Å². The van der Waals surface area contributed by atoms with Crippen LogP contribution in [0, 0.1) is 17.8 Å². The molecule has 4 rings (SSSR count). The molecular formula is C21H28O4. The summed E-state index contributed by atoms with van der Waals surface area (Å²) >= 11 is 0. The van der Waals surface area contributed by atoms with Gasteiger partial charge in [0, 0.05) is 25.4 Å². The number of benzene rings is 1. The molecule has 4 nitrogen and oxygen atoms in total. The van der Waals surface area contributed by atoms with Gasteiger partial charge in [-0.25, -0.2) is 0 Å². The molecule has 0 aromatic heterocycles. The Balaban J connectivity index is 1.36. The van der Waals surface area contributed by atoms with Crippen molar-refractivity contribution >= 4 is 5.78 Å². The number of carbonyl (C=O) groups excluding carboxylic acids is 1. The fraction of sp³-hybridized carbons (Fsp3) is 0.667. The molecule has 4 heteroatoms. The topological polar surface area (TPSA) is 44.8 Å². The molecule has 2 saturated carbocycles. The first-order valence-corrected chi connectivity index (χ1v) is 9.70. The van der Waals surface area contributed by atoms with Crippen LogP contribution in [0.25, 0.3) is 0 Å². The van der Waals surface area contributed by atoms with Crippen molar-refractivity contribution in [2.75, 3.05) is 13.2 Å². The van der Waals surface area contributed by atoms with Crippen LogP contribution in [-0.4, -0.2) is 31.4 Å². The standard InChI is InChI=1S/C21H28O4/c22-17-10-16-11-20(25-21-8-4-5-9-24-21)19(18(16)12-17)14-23-13-15-6-2-1-3-7-15/h1-3,6-7,16,18-21H,4-5,8-14H2/t16-,18-,19+,20+,21?/m0/s1. The number of ether oxygens (including phenoxy) is 3. The maximum Gasteiger partial charge on any atom is 0.157 e. The molecular weight excluding hydrogens is 316 g/mol. The minimum atomic E-state index is -0.0649. The number of carbonyl (C=O) groups is 1. The van der Waals surface area contributed by atoms with Gasteiger partial charge in [0.25, 0.3) is 0 Å². The SMILES string of the molecule is O=C1C[C@H]2C[C@@H](OC3CCCCO3)[C@H](COCc3ccccc3)[C@H]2C1. The Morgan fingerprint density at radius 2 is 2.00 bits per heavy atom. The Bertz CT molecular complexity index is 567. The van der Waals surface area contributed by atoms with Gasteiger partial charge in [0.15, 0.2) is 6.29 Å². The molecule has 0 spiro atoms. The highest BCUT2D eigenvalue weighted by Gasteiger charge is 2.49. The number of hydrogen-bond acceptors (Lipinski definition) is 4. The highest BCUT2D eigenvalue weighted by atomic mass is 16.7. The normalized spacial score (nSPS) is 35.0. The Hall–Kier alpha value is -1.23. The molecule has 3 aliphatic rings. The molecule has 1 aromatic rings. The van der Waals surface area contributed by atoms with Crippen molar-refractivity contribution in [3.05, 3.63) is 35.9 Å². The van der Waals surface area contributed by atoms with Crippen LogP contribution in [0.15, 0.2) is 30.3 Å². The first-order valence-electron chi connectivity index (χ1n) is 9.70. The number of hydrogen-bond donors (Lipinski definition) is 0. The largest absolute Gasteiger partial charge is 0.376 e. The molecule has 0 N–H and O–H groups in total. The minimum absolute atomic E-state index is 0.0649. The van der Waals surface area contributed by atoms with Crippen molar-refractivity contribution in [2.45, 2.75) is 57.5 Å². The summed E-state index contributed by atoms with van der Waals surface area (Å²) < 4.78 is 18.1. The van der Waals surface area contributed by atoms with Crippen LogP contribution in [0.3, 0.4) is 0 Å². The lowest BCUT2D eigenvalue weighted by atomic mass is 9.92. The third-order valence-electron chi connectivity index (χ3n) is 6.01. The maximum atomic E-state index is 11.9. The van der Waals surface area contributed by atoms with Crippen molar-refractivity contribution in [1.82, 2.24) is 0 Å². The maximum absolute atomic E-state index is 11.9. The van der Waals surface area contributed by atoms with Crippen LogP contribution in [-0.2, 0) is 25.6 Å². The Kier molecular flexibility index (Phi) is 5.49. The molecule has 0 radical (unpaired) electrons. The molecule has 0 amide bonds. The average molecular weight is 344 g/mol. The predicted molar refractivity (Wildman–Crippen MR) is 93.9 cm³/mol. The van der Waals surface area contributed by atoms with Gasteiger partial charge >= 0.3 is 0 Å². The summed E-state index contributed by atoms with van der Waals surface area (Å²) in [6.45, 7) is 2.09. The summed E-state index contributed by atoms with van der Waals surface area (Å²) in [5, 5.41) is 0. The van der Waals surface area contributed by atoms with Crippen molar-refractivity contribution in [3.8, 4) is 0 Å². The minimum Gasteiger partial charge on any atom is -0.376 e. The van der Waals surface area contributed by atoms with Crippen LogP contribution >= 0.6 is 0 Å². The van der Waals surface area contributed by atoms with Crippen molar-refractivity contribution in [2.24, 2.45) is 17.8 Å². The zero-order valence-electron chi connectivity index (χ0n) is 14.8. The monoisotopic (exact) mass is 344 g/mol. The third-order valence-corrected chi connectivity index (χ3v) is 6.01. The van der Waals surface area contributed by atoms with Gasteiger partial charge in [-0.1, -0.05) is 30.3 Å². The van der Waals surface area contributed by atoms with E-state index in [0.29, 0.717) is 43.2 Å². The molecule has 25 heavy (non-hydrogen) atoms. The van der Waals surface area contributed by atoms with Gasteiger partial charge in [0.1, 0.15) is 5.78 Å². The average Bonchev–Trinajstić information content (AvgIpc) is 3.13. The molecule has 2 aliphatic carbocycles. The van der Waals surface area contributed by atoms with Crippen molar-refractivity contribution in [3.63, 3.8) is 0 Å². The van der Waals surface area contributed by atoms with Crippen LogP contribution in [0.5, 0.6) is 0 Å². The van der Waals surface area contributed by atoms with Gasteiger partial charge in [-0.15, -0.1) is 0 Å². The molecule has 1 heterocycles. The molecule has 1 aromatic carbocycles. The Morgan fingerprint density at radius 3 is 2.80 bits per heavy atom. The van der Waals surface area contributed by atoms with Gasteiger partial charge < -0.3 is 14.2 Å². The van der Waals surface area contributed by atoms with Gasteiger partial charge in [-0.3, -0.25) is 4.79 Å². The summed E-state index contributed by atoms with van der Waals surface area (Å²) in [7, 11) is 0. The predicted octanol–water partition coefficient (Wildman–Crippen LogP) is 3.73. The van der Waals surface area contributed by atoms with E-state index in [4.69, 9.17) is 14.2 Å². The number of ketones is 1. The van der Waals surface area contributed by atoms with E-state index in [1.165, 1.54) is 12.0 Å². The zero-order valence-corrected chi connectivity index (χ0v) is 14.8. The smallest absolute Gasteiger partial charge is 0.157 e. The summed E-state index contributed by atoms with van der Waals surface area (Å²) in [4.78, 5) is 11.9. The summed E-state index contributed by atoms with van der Waals surface area (Å²) in [6.07, 6.45) is 5.82. The van der Waals surface area contributed by atoms with Crippen LogP contribution in [0.4, 0.5) is 0 Å². The molecule has 1 aliphatic heterocycles. The second kappa shape index (κ2) is 7.98. The van der Waals surface area contributed by atoms with E-state index >= 15 is 0 Å². The summed E-state index contributed by atoms with van der Waals surface area (Å²) in [6, 6.07) is 10.3. The molecule has 1 saturated heterocycles. The van der Waals surface area contributed by atoms with Crippen molar-refractivity contribution in [1.29, 1.82) is 0 Å². The molecule has 0 bridgehead atoms. The van der Waals surface area contributed by atoms with E-state index in [1.807, 2.05) is 18.2 Å². The fourth-order valence-electron chi connectivity index (χ4n) is 4.75. The number of rotatable bonds is 6. The van der Waals surface area contributed by atoms with Gasteiger partial charge in [-0.05, 0) is 43.1 Å². The van der Waals surface area contributed by atoms with Gasteiger partial charge in [0.05, 0.1) is 19.3 Å². The highest BCUT2D eigenvalue weighted by molar-refractivity contribution is 5.81. The van der Waals surface area contributed by atoms with E-state index in [9.17, 15) is 4.79 Å². The zero-order chi connectivity index (χ0) is 17.1. The van der Waals surface area contributed by atoms with E-state index in [1.54, 1.807) is 0 Å². The number of Topliss-reactive ketones (excluding diaryl/α,β-unsaturated/α-hetero) is 1. The first-order chi connectivity index (χ1) is 12.3. The molecule has 5 atom stereocenters. The number of fused-ring (bicyclic) bond motifs is 1.